The number of carbonyl (C=O) groups excluding carboxylic acids is 2. The monoisotopic (exact) mass is 274 g/mol. The molecule has 2 amide bonds. The molecule has 1 fully saturated rings. The van der Waals surface area contributed by atoms with Crippen molar-refractivity contribution < 1.29 is 14.8 Å². The highest BCUT2D eigenvalue weighted by molar-refractivity contribution is 5.94. The minimum atomic E-state index is -0.513. The predicted octanol–water partition coefficient (Wildman–Crippen LogP) is 1.14. The summed E-state index contributed by atoms with van der Waals surface area (Å²) in [5.41, 5.74) is 3.95. The maximum Gasteiger partial charge on any atom is 0.274 e. The molecule has 0 saturated carbocycles. The number of carbonyl (C=O) groups is 2. The van der Waals surface area contributed by atoms with Crippen molar-refractivity contribution in [3.8, 4) is 0 Å². The van der Waals surface area contributed by atoms with Crippen molar-refractivity contribution in [2.75, 3.05) is 13.6 Å². The van der Waals surface area contributed by atoms with E-state index in [1.807, 2.05) is 18.0 Å². The number of amides is 2. The van der Waals surface area contributed by atoms with Crippen LogP contribution in [0.1, 0.15) is 34.3 Å². The molecule has 0 radical (unpaired) electrons. The Morgan fingerprint density at radius 1 is 1.35 bits per heavy atom. The quantitative estimate of drug-likeness (QED) is 0.596. The van der Waals surface area contributed by atoms with Gasteiger partial charge in [0.25, 0.3) is 5.91 Å². The van der Waals surface area contributed by atoms with E-state index >= 15 is 0 Å². The van der Waals surface area contributed by atoms with Gasteiger partial charge in [-0.1, -0.05) is 6.07 Å². The SMILES string of the molecule is CN1CCC[C@]2(Cc3ccc(C(=O)NO)cc3C2)C1=O. The number of fused-ring (bicyclic) bond motifs is 1. The maximum absolute atomic E-state index is 12.5. The van der Waals surface area contributed by atoms with E-state index < -0.39 is 5.91 Å². The molecule has 5 heteroatoms. The Labute approximate surface area is 117 Å². The fourth-order valence-corrected chi connectivity index (χ4v) is 3.56. The number of hydrogen-bond acceptors (Lipinski definition) is 3. The zero-order valence-corrected chi connectivity index (χ0v) is 11.5. The van der Waals surface area contributed by atoms with Crippen LogP contribution in [-0.4, -0.2) is 35.5 Å². The Bertz CT molecular complexity index is 584. The van der Waals surface area contributed by atoms with Crippen molar-refractivity contribution >= 4 is 11.8 Å². The zero-order chi connectivity index (χ0) is 14.3. The molecule has 1 aliphatic carbocycles. The van der Waals surface area contributed by atoms with Gasteiger partial charge in [-0.2, -0.15) is 0 Å². The molecule has 0 unspecified atom stereocenters. The first kappa shape index (κ1) is 13.1. The molecule has 2 aliphatic rings. The largest absolute Gasteiger partial charge is 0.345 e. The molecule has 1 aromatic carbocycles. The highest BCUT2D eigenvalue weighted by atomic mass is 16.5. The number of hydroxylamine groups is 1. The molecule has 0 bridgehead atoms. The Hall–Kier alpha value is -1.88. The average molecular weight is 274 g/mol. The van der Waals surface area contributed by atoms with Crippen LogP contribution in [0.2, 0.25) is 0 Å². The molecular weight excluding hydrogens is 256 g/mol. The van der Waals surface area contributed by atoms with Crippen LogP contribution in [0.3, 0.4) is 0 Å². The standard InChI is InChI=1S/C15H18N2O3/c1-17-6-2-5-15(14(17)19)8-11-4-3-10(13(18)16-20)7-12(11)9-15/h3-4,7,20H,2,5-6,8-9H2,1H3,(H,16,18)/t15-/m1/s1. The van der Waals surface area contributed by atoms with E-state index in [4.69, 9.17) is 5.21 Å². The van der Waals surface area contributed by atoms with Gasteiger partial charge >= 0.3 is 0 Å². The second kappa shape index (κ2) is 4.59. The van der Waals surface area contributed by atoms with Crippen LogP contribution in [0.5, 0.6) is 0 Å². The van der Waals surface area contributed by atoms with Crippen molar-refractivity contribution in [2.24, 2.45) is 5.41 Å². The minimum Gasteiger partial charge on any atom is -0.345 e. The minimum absolute atomic E-state index is 0.216. The lowest BCUT2D eigenvalue weighted by molar-refractivity contribution is -0.144. The number of nitrogens with one attached hydrogen (secondary N) is 1. The van der Waals surface area contributed by atoms with Gasteiger partial charge in [0, 0.05) is 19.2 Å². The number of piperidine rings is 1. The van der Waals surface area contributed by atoms with Gasteiger partial charge in [0.2, 0.25) is 5.91 Å². The fraction of sp³-hybridized carbons (Fsp3) is 0.467. The third kappa shape index (κ3) is 1.89. The van der Waals surface area contributed by atoms with Crippen molar-refractivity contribution in [3.05, 3.63) is 34.9 Å². The molecule has 1 aromatic rings. The topological polar surface area (TPSA) is 69.6 Å². The van der Waals surface area contributed by atoms with Gasteiger partial charge in [0.05, 0.1) is 5.41 Å². The normalized spacial score (nSPS) is 24.9. The Morgan fingerprint density at radius 2 is 2.10 bits per heavy atom. The van der Waals surface area contributed by atoms with Gasteiger partial charge in [0.15, 0.2) is 0 Å². The molecule has 1 heterocycles. The summed E-state index contributed by atoms with van der Waals surface area (Å²) in [7, 11) is 1.86. The van der Waals surface area contributed by atoms with Crippen LogP contribution in [0.4, 0.5) is 0 Å². The summed E-state index contributed by atoms with van der Waals surface area (Å²) in [4.78, 5) is 25.8. The van der Waals surface area contributed by atoms with Gasteiger partial charge in [-0.05, 0) is 48.9 Å². The van der Waals surface area contributed by atoms with Crippen LogP contribution in [0.25, 0.3) is 0 Å². The van der Waals surface area contributed by atoms with Crippen LogP contribution >= 0.6 is 0 Å². The first-order valence-electron chi connectivity index (χ1n) is 6.87. The summed E-state index contributed by atoms with van der Waals surface area (Å²) in [6, 6.07) is 5.38. The molecule has 1 spiro atoms. The lowest BCUT2D eigenvalue weighted by Gasteiger charge is -2.37. The first-order chi connectivity index (χ1) is 9.55. The fourth-order valence-electron chi connectivity index (χ4n) is 3.56. The van der Waals surface area contributed by atoms with E-state index in [9.17, 15) is 9.59 Å². The second-order valence-corrected chi connectivity index (χ2v) is 5.89. The zero-order valence-electron chi connectivity index (χ0n) is 11.5. The van der Waals surface area contributed by atoms with E-state index in [1.54, 1.807) is 17.6 Å². The van der Waals surface area contributed by atoms with Gasteiger partial charge in [-0.3, -0.25) is 14.8 Å². The van der Waals surface area contributed by atoms with E-state index in [2.05, 4.69) is 0 Å². The molecule has 1 aliphatic heterocycles. The third-order valence-electron chi connectivity index (χ3n) is 4.58. The lowest BCUT2D eigenvalue weighted by Crippen LogP contribution is -2.47. The molecule has 3 rings (SSSR count). The molecule has 106 valence electrons. The van der Waals surface area contributed by atoms with Gasteiger partial charge in [-0.15, -0.1) is 0 Å². The Balaban J connectivity index is 1.92. The highest BCUT2D eigenvalue weighted by Crippen LogP contribution is 2.44. The van der Waals surface area contributed by atoms with Crippen molar-refractivity contribution in [1.82, 2.24) is 10.4 Å². The first-order valence-corrected chi connectivity index (χ1v) is 6.87. The molecule has 2 N–H and O–H groups in total. The van der Waals surface area contributed by atoms with Gasteiger partial charge in [0.1, 0.15) is 0 Å². The summed E-state index contributed by atoms with van der Waals surface area (Å²) in [6.45, 7) is 0.828. The van der Waals surface area contributed by atoms with Crippen LogP contribution in [-0.2, 0) is 17.6 Å². The molecule has 1 saturated heterocycles. The third-order valence-corrected chi connectivity index (χ3v) is 4.58. The maximum atomic E-state index is 12.5. The second-order valence-electron chi connectivity index (χ2n) is 5.89. The summed E-state index contributed by atoms with van der Waals surface area (Å²) in [5.74, 6) is -0.297. The highest BCUT2D eigenvalue weighted by Gasteiger charge is 2.46. The number of nitrogens with zero attached hydrogens (tertiary/aromatic N) is 1. The Kier molecular flexibility index (Phi) is 3.01. The lowest BCUT2D eigenvalue weighted by atomic mass is 9.76. The van der Waals surface area contributed by atoms with Crippen molar-refractivity contribution in [1.29, 1.82) is 0 Å². The summed E-state index contributed by atoms with van der Waals surface area (Å²) >= 11 is 0. The van der Waals surface area contributed by atoms with E-state index in [0.29, 0.717) is 12.0 Å². The van der Waals surface area contributed by atoms with Crippen LogP contribution < -0.4 is 5.48 Å². The number of likely N-dealkylation sites (tertiary alicyclic amines) is 1. The Morgan fingerprint density at radius 3 is 2.85 bits per heavy atom. The molecule has 1 atom stereocenters. The summed E-state index contributed by atoms with van der Waals surface area (Å²) in [6.07, 6.45) is 3.39. The van der Waals surface area contributed by atoms with Crippen LogP contribution in [0.15, 0.2) is 18.2 Å². The van der Waals surface area contributed by atoms with Crippen molar-refractivity contribution in [2.45, 2.75) is 25.7 Å². The summed E-state index contributed by atoms with van der Waals surface area (Å²) < 4.78 is 0. The van der Waals surface area contributed by atoms with Gasteiger partial charge < -0.3 is 4.90 Å². The van der Waals surface area contributed by atoms with E-state index in [1.165, 1.54) is 0 Å². The molecule has 0 aromatic heterocycles. The van der Waals surface area contributed by atoms with Gasteiger partial charge in [-0.25, -0.2) is 5.48 Å². The van der Waals surface area contributed by atoms with Crippen molar-refractivity contribution in [3.63, 3.8) is 0 Å². The predicted molar refractivity (Wildman–Crippen MR) is 72.4 cm³/mol. The summed E-state index contributed by atoms with van der Waals surface area (Å²) in [5, 5.41) is 8.70. The van der Waals surface area contributed by atoms with E-state index in [-0.39, 0.29) is 11.3 Å². The number of hydrogen-bond donors (Lipinski definition) is 2. The molecular formula is C15H18N2O3. The molecule has 20 heavy (non-hydrogen) atoms. The number of benzene rings is 1. The average Bonchev–Trinajstić information content (AvgIpc) is 2.82. The van der Waals surface area contributed by atoms with Crippen LogP contribution in [0, 0.1) is 5.41 Å². The molecule has 5 nitrogen and oxygen atoms in total. The van der Waals surface area contributed by atoms with E-state index in [0.717, 1.165) is 36.9 Å². The smallest absolute Gasteiger partial charge is 0.274 e. The number of rotatable bonds is 1.